The van der Waals surface area contributed by atoms with Crippen molar-refractivity contribution in [2.24, 2.45) is 0 Å². The Hall–Kier alpha value is -3.46. The number of hydroxylamine groups is 2. The summed E-state index contributed by atoms with van der Waals surface area (Å²) in [6.07, 6.45) is 2.98. The molecule has 1 fully saturated rings. The van der Waals surface area contributed by atoms with Gasteiger partial charge in [0.05, 0.1) is 24.9 Å². The molecule has 2 aliphatic rings. The number of ether oxygens (including phenoxy) is 2. The molecule has 36 heavy (non-hydrogen) atoms. The van der Waals surface area contributed by atoms with Crippen LogP contribution in [0.5, 0.6) is 5.75 Å². The van der Waals surface area contributed by atoms with Crippen LogP contribution in [0.1, 0.15) is 69.6 Å². The highest BCUT2D eigenvalue weighted by Gasteiger charge is 2.32. The summed E-state index contributed by atoms with van der Waals surface area (Å²) in [5, 5.41) is 10.4. The zero-order valence-corrected chi connectivity index (χ0v) is 20.8. The molecule has 9 heteroatoms. The fraction of sp³-hybridized carbons (Fsp3) is 0.444. The summed E-state index contributed by atoms with van der Waals surface area (Å²) in [5.41, 5.74) is 0.784. The maximum absolute atomic E-state index is 14.2. The summed E-state index contributed by atoms with van der Waals surface area (Å²) >= 11 is 0. The van der Waals surface area contributed by atoms with E-state index < -0.39 is 11.8 Å². The third kappa shape index (κ3) is 5.51. The van der Waals surface area contributed by atoms with E-state index in [1.807, 2.05) is 34.9 Å². The first-order chi connectivity index (χ1) is 17.2. The molecule has 1 aliphatic carbocycles. The molecule has 190 valence electrons. The van der Waals surface area contributed by atoms with Gasteiger partial charge in [0.2, 0.25) is 0 Å². The van der Waals surface area contributed by atoms with E-state index in [-0.39, 0.29) is 30.9 Å². The van der Waals surface area contributed by atoms with Crippen LogP contribution in [0.3, 0.4) is 0 Å². The average molecular weight is 495 g/mol. The monoisotopic (exact) mass is 494 g/mol. The molecule has 0 saturated heterocycles. The summed E-state index contributed by atoms with van der Waals surface area (Å²) in [6, 6.07) is 14.5. The molecule has 0 amide bonds. The second kappa shape index (κ2) is 9.89. The highest BCUT2D eigenvalue weighted by molar-refractivity contribution is 5.60. The number of benzene rings is 2. The van der Waals surface area contributed by atoms with Crippen molar-refractivity contribution in [2.75, 3.05) is 0 Å². The van der Waals surface area contributed by atoms with Gasteiger partial charge in [-0.15, -0.1) is 15.3 Å². The lowest BCUT2D eigenvalue weighted by atomic mass is 9.86. The van der Waals surface area contributed by atoms with E-state index in [0.29, 0.717) is 11.4 Å². The van der Waals surface area contributed by atoms with Crippen LogP contribution in [0, 0.1) is 5.82 Å². The second-order valence-electron chi connectivity index (χ2n) is 10.3. The van der Waals surface area contributed by atoms with E-state index in [0.717, 1.165) is 42.9 Å². The Morgan fingerprint density at radius 1 is 1.00 bits per heavy atom. The summed E-state index contributed by atoms with van der Waals surface area (Å²) in [5.74, 6) is 2.19. The summed E-state index contributed by atoms with van der Waals surface area (Å²) < 4.78 is 27.7. The molecule has 1 saturated carbocycles. The molecule has 0 radical (unpaired) electrons. The quantitative estimate of drug-likeness (QED) is 0.431. The van der Waals surface area contributed by atoms with Crippen LogP contribution in [0.25, 0.3) is 5.69 Å². The van der Waals surface area contributed by atoms with E-state index in [1.165, 1.54) is 17.2 Å². The maximum Gasteiger partial charge on any atom is 0.528 e. The number of halogens is 1. The van der Waals surface area contributed by atoms with Gasteiger partial charge in [0.25, 0.3) is 0 Å². The van der Waals surface area contributed by atoms with Crippen molar-refractivity contribution in [3.8, 4) is 11.4 Å². The number of hydrogen-bond donors (Lipinski definition) is 0. The molecule has 1 aromatic heterocycles. The van der Waals surface area contributed by atoms with Gasteiger partial charge >= 0.3 is 6.16 Å². The third-order valence-corrected chi connectivity index (χ3v) is 6.38. The predicted octanol–water partition coefficient (Wildman–Crippen LogP) is 5.69. The van der Waals surface area contributed by atoms with Crippen molar-refractivity contribution in [2.45, 2.75) is 77.2 Å². The van der Waals surface area contributed by atoms with Gasteiger partial charge in [0.15, 0.2) is 5.82 Å². The first kappa shape index (κ1) is 24.2. The Labute approximate surface area is 209 Å². The second-order valence-corrected chi connectivity index (χ2v) is 10.3. The zero-order valence-electron chi connectivity index (χ0n) is 20.8. The zero-order chi connectivity index (χ0) is 25.3. The number of hydrogen-bond acceptors (Lipinski definition) is 7. The fourth-order valence-corrected chi connectivity index (χ4v) is 4.83. The molecular weight excluding hydrogens is 463 g/mol. The molecule has 0 bridgehead atoms. The minimum atomic E-state index is -0.814. The van der Waals surface area contributed by atoms with Crippen LogP contribution >= 0.6 is 0 Å². The van der Waals surface area contributed by atoms with Crippen molar-refractivity contribution in [1.82, 2.24) is 19.8 Å². The SMILES string of the molecule is CC(C)(C)OC(=O)ON1Cc2cc(F)ccc2-n2c(nnc2C2CCC(Oc3ccccc3)CC2)C1. The van der Waals surface area contributed by atoms with Gasteiger partial charge in [-0.3, -0.25) is 4.57 Å². The summed E-state index contributed by atoms with van der Waals surface area (Å²) in [7, 11) is 0. The van der Waals surface area contributed by atoms with E-state index in [9.17, 15) is 9.18 Å². The lowest BCUT2D eigenvalue weighted by Gasteiger charge is -2.29. The molecule has 5 rings (SSSR count). The van der Waals surface area contributed by atoms with Crippen LogP contribution in [-0.2, 0) is 22.7 Å². The first-order valence-corrected chi connectivity index (χ1v) is 12.4. The fourth-order valence-electron chi connectivity index (χ4n) is 4.83. The Morgan fingerprint density at radius 2 is 1.75 bits per heavy atom. The number of fused-ring (bicyclic) bond motifs is 3. The van der Waals surface area contributed by atoms with Gasteiger partial charge in [-0.05, 0) is 82.3 Å². The largest absolute Gasteiger partial charge is 0.528 e. The van der Waals surface area contributed by atoms with E-state index >= 15 is 0 Å². The number of carbonyl (C=O) groups is 1. The Bertz CT molecular complexity index is 1220. The molecular formula is C27H31FN4O4. The van der Waals surface area contributed by atoms with Crippen LogP contribution in [0.2, 0.25) is 0 Å². The molecule has 1 aliphatic heterocycles. The molecule has 8 nitrogen and oxygen atoms in total. The Kier molecular flexibility index (Phi) is 6.66. The van der Waals surface area contributed by atoms with Gasteiger partial charge in [-0.25, -0.2) is 9.18 Å². The van der Waals surface area contributed by atoms with Gasteiger partial charge in [0, 0.05) is 5.92 Å². The van der Waals surface area contributed by atoms with E-state index in [2.05, 4.69) is 10.2 Å². The topological polar surface area (TPSA) is 78.7 Å². The molecule has 2 heterocycles. The number of aromatic nitrogens is 3. The summed E-state index contributed by atoms with van der Waals surface area (Å²) in [4.78, 5) is 17.8. The average Bonchev–Trinajstić information content (AvgIpc) is 3.15. The number of rotatable bonds is 4. The van der Waals surface area contributed by atoms with Crippen LogP contribution in [0.4, 0.5) is 9.18 Å². The normalized spacial score (nSPS) is 20.1. The van der Waals surface area contributed by atoms with Crippen LogP contribution in [-0.4, -0.2) is 37.7 Å². The van der Waals surface area contributed by atoms with Crippen molar-refractivity contribution < 1.29 is 23.5 Å². The van der Waals surface area contributed by atoms with Crippen LogP contribution in [0.15, 0.2) is 48.5 Å². The smallest absolute Gasteiger partial charge is 0.490 e. The van der Waals surface area contributed by atoms with E-state index in [4.69, 9.17) is 14.3 Å². The number of carbonyl (C=O) groups excluding carboxylic acids is 1. The minimum Gasteiger partial charge on any atom is -0.490 e. The number of nitrogens with zero attached hydrogens (tertiary/aromatic N) is 4. The maximum atomic E-state index is 14.2. The molecule has 2 aromatic carbocycles. The van der Waals surface area contributed by atoms with Gasteiger partial charge in [-0.2, -0.15) is 0 Å². The number of para-hydroxylation sites is 1. The molecule has 0 N–H and O–H groups in total. The highest BCUT2D eigenvalue weighted by atomic mass is 19.1. The first-order valence-electron chi connectivity index (χ1n) is 12.4. The van der Waals surface area contributed by atoms with Crippen LogP contribution < -0.4 is 4.74 Å². The standard InChI is InChI=1S/C27H31FN4O4/c1-27(2,3)35-26(33)36-31-16-19-15-20(28)11-14-23(19)32-24(17-31)29-30-25(32)18-9-12-22(13-10-18)34-21-7-5-4-6-8-21/h4-8,11,14-15,18,22H,9-10,12-13,16-17H2,1-3H3. The van der Waals surface area contributed by atoms with Gasteiger partial charge in [0.1, 0.15) is 23.0 Å². The minimum absolute atomic E-state index is 0.161. The summed E-state index contributed by atoms with van der Waals surface area (Å²) in [6.45, 7) is 5.71. The lowest BCUT2D eigenvalue weighted by Crippen LogP contribution is -2.31. The van der Waals surface area contributed by atoms with Crippen molar-refractivity contribution in [3.63, 3.8) is 0 Å². The Morgan fingerprint density at radius 3 is 2.47 bits per heavy atom. The van der Waals surface area contributed by atoms with Crippen molar-refractivity contribution in [3.05, 3.63) is 71.6 Å². The third-order valence-electron chi connectivity index (χ3n) is 6.38. The lowest BCUT2D eigenvalue weighted by molar-refractivity contribution is -0.155. The molecule has 0 spiro atoms. The van der Waals surface area contributed by atoms with Gasteiger partial charge < -0.3 is 14.3 Å². The Balaban J connectivity index is 1.36. The van der Waals surface area contributed by atoms with Crippen molar-refractivity contribution >= 4 is 6.16 Å². The highest BCUT2D eigenvalue weighted by Crippen LogP contribution is 2.37. The predicted molar refractivity (Wildman–Crippen MR) is 130 cm³/mol. The molecule has 0 unspecified atom stereocenters. The van der Waals surface area contributed by atoms with Gasteiger partial charge in [-0.1, -0.05) is 18.2 Å². The molecule has 3 aromatic rings. The van der Waals surface area contributed by atoms with Crippen molar-refractivity contribution in [1.29, 1.82) is 0 Å². The molecule has 0 atom stereocenters. The van der Waals surface area contributed by atoms with E-state index in [1.54, 1.807) is 26.8 Å².